The number of hydrogen-bond acceptors (Lipinski definition) is 21. The van der Waals surface area contributed by atoms with Crippen molar-refractivity contribution in [3.8, 4) is 0 Å². The summed E-state index contributed by atoms with van der Waals surface area (Å²) in [5.41, 5.74) is 0. The van der Waals surface area contributed by atoms with Gasteiger partial charge in [-0.1, -0.05) is 0 Å². The monoisotopic (exact) mass is 721 g/mol. The minimum Gasteiger partial charge on any atom is -0.394 e. The number of rotatable bonds is 12. The van der Waals surface area contributed by atoms with E-state index >= 15 is 0 Å². The third kappa shape index (κ3) is 8.83. The zero-order valence-corrected chi connectivity index (χ0v) is 26.4. The molecule has 0 spiro atoms. The molecule has 0 unspecified atom stereocenters. The molecule has 286 valence electrons. The number of nitrogens with one attached hydrogen (secondary N) is 1. The zero-order valence-electron chi connectivity index (χ0n) is 26.4. The van der Waals surface area contributed by atoms with E-state index in [1.54, 1.807) is 0 Å². The minimum absolute atomic E-state index is 0.556. The summed E-state index contributed by atoms with van der Waals surface area (Å²) in [6.07, 6.45) is -31.0. The van der Waals surface area contributed by atoms with Crippen LogP contribution in [-0.4, -0.2) is 223 Å². The molecule has 22 nitrogen and oxygen atoms in total. The Morgan fingerprint density at radius 3 is 1.49 bits per heavy atom. The summed E-state index contributed by atoms with van der Waals surface area (Å²) < 4.78 is 43.8. The fourth-order valence-electron chi connectivity index (χ4n) is 5.92. The molecule has 0 aromatic heterocycles. The van der Waals surface area contributed by atoms with Crippen molar-refractivity contribution in [3.05, 3.63) is 0 Å². The molecule has 4 fully saturated rings. The number of carbonyl (C=O) groups excluding carboxylic acids is 1. The van der Waals surface area contributed by atoms with E-state index in [1.165, 1.54) is 7.11 Å². The number of carbonyl (C=O) groups is 1. The number of hydrogen-bond donors (Lipinski definition) is 13. The van der Waals surface area contributed by atoms with Crippen molar-refractivity contribution in [3.63, 3.8) is 0 Å². The lowest BCUT2D eigenvalue weighted by Gasteiger charge is -2.47. The van der Waals surface area contributed by atoms with Gasteiger partial charge in [0.1, 0.15) is 97.6 Å². The van der Waals surface area contributed by atoms with E-state index in [-0.39, 0.29) is 0 Å². The van der Waals surface area contributed by atoms with E-state index in [0.717, 1.165) is 6.92 Å². The Morgan fingerprint density at radius 1 is 0.551 bits per heavy atom. The molecule has 1 amide bonds. The maximum atomic E-state index is 12.1. The fourth-order valence-corrected chi connectivity index (χ4v) is 5.92. The van der Waals surface area contributed by atoms with Gasteiger partial charge in [-0.3, -0.25) is 4.79 Å². The summed E-state index contributed by atoms with van der Waals surface area (Å²) >= 11 is 0. The van der Waals surface area contributed by atoms with E-state index in [4.69, 9.17) is 37.9 Å². The second-order valence-corrected chi connectivity index (χ2v) is 12.2. The third-order valence-electron chi connectivity index (χ3n) is 8.78. The molecule has 0 saturated carbocycles. The highest BCUT2D eigenvalue weighted by Gasteiger charge is 2.53. The van der Waals surface area contributed by atoms with Crippen LogP contribution in [0, 0.1) is 0 Å². The quantitative estimate of drug-likeness (QED) is 0.0889. The van der Waals surface area contributed by atoms with Crippen LogP contribution in [0.25, 0.3) is 0 Å². The first-order valence-corrected chi connectivity index (χ1v) is 15.5. The van der Waals surface area contributed by atoms with Crippen LogP contribution in [0.15, 0.2) is 0 Å². The molecule has 20 atom stereocenters. The predicted molar refractivity (Wildman–Crippen MR) is 150 cm³/mol. The summed E-state index contributed by atoms with van der Waals surface area (Å²) in [7, 11) is 1.19. The van der Waals surface area contributed by atoms with Gasteiger partial charge in [-0.05, 0) is 0 Å². The summed E-state index contributed by atoms with van der Waals surface area (Å²) in [5, 5.41) is 126. The standard InChI is InChI=1S/C27H47NO21/c1-7(31)28-12-16(35)23(49-27-22(41)17(36)13(32)8(3-29)45-27)9(4-30)46-24(12)43-5-11-15(34)19(38)21(40)26(48-11)44-6-10-14(33)18(37)20(39)25(42-2)47-10/h8-27,29-30,32-41H,3-6H2,1-2H3,(H,28,31)/t8-,9-,10-,11-,12-,13+,14-,15-,16-,17+,18+,19+,20+,21+,22-,23-,24-,25-,26+,27+/m1/s1. The van der Waals surface area contributed by atoms with Crippen molar-refractivity contribution in [1.29, 1.82) is 0 Å². The highest BCUT2D eigenvalue weighted by Crippen LogP contribution is 2.31. The van der Waals surface area contributed by atoms with Crippen molar-refractivity contribution < 1.29 is 104 Å². The van der Waals surface area contributed by atoms with E-state index in [1.807, 2.05) is 0 Å². The Morgan fingerprint density at radius 2 is 0.980 bits per heavy atom. The first kappa shape index (κ1) is 40.4. The SMILES string of the molecule is CO[C@@H]1O[C@H](CO[C@H]2O[C@H](CO[C@@H]3O[C@H](CO)[C@@H](O[C@@H]4O[C@H](CO)[C@H](O)[C@H](O)[C@H]4O)[C@H](O)[C@H]3NC(C)=O)[C@@H](O)[C@H](O)[C@@H]2O)[C@@H](O)[C@H](O)[C@@H]1O. The second-order valence-electron chi connectivity index (χ2n) is 12.2. The Hall–Kier alpha value is -1.33. The highest BCUT2D eigenvalue weighted by atomic mass is 16.8. The van der Waals surface area contributed by atoms with Gasteiger partial charge >= 0.3 is 0 Å². The zero-order chi connectivity index (χ0) is 36.3. The molecule has 0 aromatic carbocycles. The lowest BCUT2D eigenvalue weighted by molar-refractivity contribution is -0.354. The molecular weight excluding hydrogens is 674 g/mol. The first-order chi connectivity index (χ1) is 23.1. The van der Waals surface area contributed by atoms with Crippen LogP contribution < -0.4 is 5.32 Å². The molecule has 4 heterocycles. The largest absolute Gasteiger partial charge is 0.394 e. The molecular formula is C27H47NO21. The van der Waals surface area contributed by atoms with Gasteiger partial charge in [-0.25, -0.2) is 0 Å². The van der Waals surface area contributed by atoms with Gasteiger partial charge in [-0.2, -0.15) is 0 Å². The van der Waals surface area contributed by atoms with Gasteiger partial charge in [0.25, 0.3) is 0 Å². The average molecular weight is 722 g/mol. The molecule has 4 rings (SSSR count). The van der Waals surface area contributed by atoms with Gasteiger partial charge in [-0.15, -0.1) is 0 Å². The molecule has 0 aliphatic carbocycles. The van der Waals surface area contributed by atoms with Crippen LogP contribution in [0.3, 0.4) is 0 Å². The second kappa shape index (κ2) is 17.5. The minimum atomic E-state index is -1.87. The number of methoxy groups -OCH3 is 1. The molecule has 13 N–H and O–H groups in total. The molecule has 4 aliphatic rings. The first-order valence-electron chi connectivity index (χ1n) is 15.5. The van der Waals surface area contributed by atoms with Crippen molar-refractivity contribution in [2.75, 3.05) is 33.5 Å². The van der Waals surface area contributed by atoms with Crippen molar-refractivity contribution in [2.24, 2.45) is 0 Å². The molecule has 4 aliphatic heterocycles. The normalized spacial score (nSPS) is 49.4. The van der Waals surface area contributed by atoms with Gasteiger partial charge in [0.05, 0.1) is 26.4 Å². The Bertz CT molecular complexity index is 1040. The van der Waals surface area contributed by atoms with E-state index in [9.17, 15) is 66.1 Å². The Labute approximate surface area is 278 Å². The van der Waals surface area contributed by atoms with Gasteiger partial charge in [0.2, 0.25) is 5.91 Å². The lowest BCUT2D eigenvalue weighted by atomic mass is 9.95. The van der Waals surface area contributed by atoms with Crippen LogP contribution in [0.5, 0.6) is 0 Å². The fraction of sp³-hybridized carbons (Fsp3) is 0.963. The molecule has 0 radical (unpaired) electrons. The van der Waals surface area contributed by atoms with Crippen molar-refractivity contribution >= 4 is 5.91 Å². The van der Waals surface area contributed by atoms with E-state index in [2.05, 4.69) is 5.32 Å². The number of amides is 1. The van der Waals surface area contributed by atoms with Crippen LogP contribution in [0.4, 0.5) is 0 Å². The summed E-state index contributed by atoms with van der Waals surface area (Å²) in [4.78, 5) is 12.1. The molecule has 0 bridgehead atoms. The number of aliphatic hydroxyl groups is 12. The predicted octanol–water partition coefficient (Wildman–Crippen LogP) is -8.95. The van der Waals surface area contributed by atoms with E-state index in [0.29, 0.717) is 0 Å². The molecule has 49 heavy (non-hydrogen) atoms. The van der Waals surface area contributed by atoms with Gasteiger partial charge in [0.15, 0.2) is 25.2 Å². The lowest BCUT2D eigenvalue weighted by Crippen LogP contribution is -2.68. The topological polar surface area (TPSA) is 346 Å². The van der Waals surface area contributed by atoms with Crippen LogP contribution in [0.1, 0.15) is 6.92 Å². The maximum absolute atomic E-state index is 12.1. The maximum Gasteiger partial charge on any atom is 0.217 e. The summed E-state index contributed by atoms with van der Waals surface area (Å²) in [6.45, 7) is -1.70. The van der Waals surface area contributed by atoms with Crippen LogP contribution >= 0.6 is 0 Å². The van der Waals surface area contributed by atoms with E-state index < -0.39 is 155 Å². The average Bonchev–Trinajstić information content (AvgIpc) is 3.08. The smallest absolute Gasteiger partial charge is 0.217 e. The third-order valence-corrected chi connectivity index (χ3v) is 8.78. The molecule has 0 aromatic rings. The van der Waals surface area contributed by atoms with Crippen molar-refractivity contribution in [2.45, 2.75) is 130 Å². The summed E-state index contributed by atoms with van der Waals surface area (Å²) in [6, 6.07) is -1.46. The van der Waals surface area contributed by atoms with Crippen LogP contribution in [0.2, 0.25) is 0 Å². The number of ether oxygens (including phenoxy) is 8. The number of aliphatic hydroxyl groups excluding tert-OH is 12. The van der Waals surface area contributed by atoms with Crippen molar-refractivity contribution in [1.82, 2.24) is 5.32 Å². The van der Waals surface area contributed by atoms with Crippen LogP contribution in [-0.2, 0) is 42.7 Å². The Kier molecular flexibility index (Phi) is 14.4. The molecule has 4 saturated heterocycles. The highest BCUT2D eigenvalue weighted by molar-refractivity contribution is 5.73. The molecule has 22 heteroatoms. The Balaban J connectivity index is 1.42. The van der Waals surface area contributed by atoms with Gasteiger partial charge in [0, 0.05) is 14.0 Å². The summed E-state index contributed by atoms with van der Waals surface area (Å²) in [5.74, 6) is -0.684. The van der Waals surface area contributed by atoms with Gasteiger partial charge < -0.3 is 104 Å².